The molecular weight excluding hydrogens is 262 g/mol. The monoisotopic (exact) mass is 281 g/mol. The lowest BCUT2D eigenvalue weighted by Gasteiger charge is -2.09. The van der Waals surface area contributed by atoms with Gasteiger partial charge in [0.2, 0.25) is 0 Å². The SMILES string of the molecule is C=CC(=O)OCCOS(=O)(=O)OCCCN(C)C. The molecule has 0 aliphatic rings. The van der Waals surface area contributed by atoms with E-state index in [0.29, 0.717) is 13.0 Å². The van der Waals surface area contributed by atoms with E-state index < -0.39 is 16.4 Å². The van der Waals surface area contributed by atoms with Gasteiger partial charge in [0.25, 0.3) is 0 Å². The molecule has 0 aromatic rings. The molecule has 0 aliphatic heterocycles. The molecule has 0 radical (unpaired) electrons. The van der Waals surface area contributed by atoms with Gasteiger partial charge >= 0.3 is 16.4 Å². The van der Waals surface area contributed by atoms with Crippen LogP contribution in [-0.4, -0.2) is 59.7 Å². The van der Waals surface area contributed by atoms with Gasteiger partial charge in [0.05, 0.1) is 6.61 Å². The minimum Gasteiger partial charge on any atom is -0.460 e. The highest BCUT2D eigenvalue weighted by Gasteiger charge is 2.11. The van der Waals surface area contributed by atoms with Gasteiger partial charge in [-0.3, -0.25) is 0 Å². The van der Waals surface area contributed by atoms with Crippen LogP contribution in [0.1, 0.15) is 6.42 Å². The molecule has 0 saturated carbocycles. The molecule has 0 rings (SSSR count). The van der Waals surface area contributed by atoms with Crippen LogP contribution in [0.25, 0.3) is 0 Å². The van der Waals surface area contributed by atoms with Crippen molar-refractivity contribution in [3.8, 4) is 0 Å². The average molecular weight is 281 g/mol. The Morgan fingerprint density at radius 3 is 2.39 bits per heavy atom. The van der Waals surface area contributed by atoms with Crippen LogP contribution in [-0.2, 0) is 28.3 Å². The van der Waals surface area contributed by atoms with Gasteiger partial charge in [-0.1, -0.05) is 6.58 Å². The van der Waals surface area contributed by atoms with Crippen molar-refractivity contribution in [2.75, 3.05) is 40.5 Å². The Morgan fingerprint density at radius 1 is 1.22 bits per heavy atom. The van der Waals surface area contributed by atoms with Gasteiger partial charge in [-0.25, -0.2) is 13.2 Å². The van der Waals surface area contributed by atoms with Crippen molar-refractivity contribution in [2.45, 2.75) is 6.42 Å². The summed E-state index contributed by atoms with van der Waals surface area (Å²) < 4.78 is 35.9. The van der Waals surface area contributed by atoms with E-state index in [-0.39, 0.29) is 19.8 Å². The Morgan fingerprint density at radius 2 is 1.83 bits per heavy atom. The summed E-state index contributed by atoms with van der Waals surface area (Å²) in [5.41, 5.74) is 0. The zero-order chi connectivity index (χ0) is 14.0. The number of rotatable bonds is 10. The van der Waals surface area contributed by atoms with Gasteiger partial charge in [0, 0.05) is 6.08 Å². The Bertz CT molecular complexity index is 351. The van der Waals surface area contributed by atoms with E-state index in [9.17, 15) is 13.2 Å². The van der Waals surface area contributed by atoms with E-state index in [2.05, 4.69) is 19.7 Å². The third kappa shape index (κ3) is 10.2. The van der Waals surface area contributed by atoms with E-state index >= 15 is 0 Å². The maximum absolute atomic E-state index is 11.2. The fourth-order valence-electron chi connectivity index (χ4n) is 0.913. The first kappa shape index (κ1) is 17.0. The van der Waals surface area contributed by atoms with Crippen LogP contribution in [0.5, 0.6) is 0 Å². The number of hydrogen-bond donors (Lipinski definition) is 0. The molecule has 8 heteroatoms. The predicted octanol–water partition coefficient (Wildman–Crippen LogP) is -0.0547. The summed E-state index contributed by atoms with van der Waals surface area (Å²) in [6.45, 7) is 3.50. The number of ether oxygens (including phenoxy) is 1. The summed E-state index contributed by atoms with van der Waals surface area (Å²) in [5, 5.41) is 0. The van der Waals surface area contributed by atoms with Gasteiger partial charge < -0.3 is 9.64 Å². The second-order valence-corrected chi connectivity index (χ2v) is 4.87. The van der Waals surface area contributed by atoms with Gasteiger partial charge in [-0.2, -0.15) is 8.42 Å². The summed E-state index contributed by atoms with van der Waals surface area (Å²) in [6, 6.07) is 0. The minimum absolute atomic E-state index is 0.0486. The number of nitrogens with zero attached hydrogens (tertiary/aromatic N) is 1. The van der Waals surface area contributed by atoms with E-state index in [1.807, 2.05) is 19.0 Å². The van der Waals surface area contributed by atoms with Crippen LogP contribution in [0.4, 0.5) is 0 Å². The second-order valence-electron chi connectivity index (χ2n) is 3.58. The summed E-state index contributed by atoms with van der Waals surface area (Å²) in [4.78, 5) is 12.5. The van der Waals surface area contributed by atoms with Crippen LogP contribution >= 0.6 is 0 Å². The zero-order valence-corrected chi connectivity index (χ0v) is 11.4. The quantitative estimate of drug-likeness (QED) is 0.315. The van der Waals surface area contributed by atoms with Gasteiger partial charge in [0.1, 0.15) is 13.2 Å². The van der Waals surface area contributed by atoms with Crippen LogP contribution in [0, 0.1) is 0 Å². The zero-order valence-electron chi connectivity index (χ0n) is 10.6. The Hall–Kier alpha value is -0.960. The second kappa shape index (κ2) is 9.03. The van der Waals surface area contributed by atoms with E-state index in [1.54, 1.807) is 0 Å². The molecule has 0 saturated heterocycles. The fourth-order valence-corrected chi connectivity index (χ4v) is 1.58. The van der Waals surface area contributed by atoms with Gasteiger partial charge in [-0.15, -0.1) is 0 Å². The highest BCUT2D eigenvalue weighted by Crippen LogP contribution is 1.98. The summed E-state index contributed by atoms with van der Waals surface area (Å²) in [6.07, 6.45) is 1.55. The normalized spacial score (nSPS) is 11.5. The van der Waals surface area contributed by atoms with Crippen molar-refractivity contribution in [2.24, 2.45) is 0 Å². The molecule has 0 N–H and O–H groups in total. The van der Waals surface area contributed by atoms with Crippen molar-refractivity contribution in [3.63, 3.8) is 0 Å². The molecule has 0 atom stereocenters. The van der Waals surface area contributed by atoms with Crippen LogP contribution in [0.15, 0.2) is 12.7 Å². The Balaban J connectivity index is 3.67. The molecule has 0 aromatic heterocycles. The summed E-state index contributed by atoms with van der Waals surface area (Å²) >= 11 is 0. The molecule has 106 valence electrons. The molecule has 0 fully saturated rings. The maximum atomic E-state index is 11.2. The molecule has 0 aliphatic carbocycles. The molecule has 0 spiro atoms. The first-order chi connectivity index (χ1) is 8.37. The number of esters is 1. The van der Waals surface area contributed by atoms with Crippen molar-refractivity contribution in [1.82, 2.24) is 4.90 Å². The highest BCUT2D eigenvalue weighted by molar-refractivity contribution is 7.81. The van der Waals surface area contributed by atoms with E-state index in [4.69, 9.17) is 0 Å². The van der Waals surface area contributed by atoms with E-state index in [0.717, 1.165) is 6.08 Å². The van der Waals surface area contributed by atoms with Crippen molar-refractivity contribution in [1.29, 1.82) is 0 Å². The minimum atomic E-state index is -4.02. The number of carbonyl (C=O) groups excluding carboxylic acids is 1. The molecule has 0 heterocycles. The summed E-state index contributed by atoms with van der Waals surface area (Å²) in [5.74, 6) is -0.636. The lowest BCUT2D eigenvalue weighted by Crippen LogP contribution is -2.18. The molecule has 0 amide bonds. The van der Waals surface area contributed by atoms with Gasteiger partial charge in [-0.05, 0) is 27.1 Å². The molecule has 0 bridgehead atoms. The fraction of sp³-hybridized carbons (Fsp3) is 0.700. The van der Waals surface area contributed by atoms with Crippen molar-refractivity contribution >= 4 is 16.4 Å². The topological polar surface area (TPSA) is 82.1 Å². The van der Waals surface area contributed by atoms with Crippen molar-refractivity contribution < 1.29 is 26.3 Å². The molecule has 7 nitrogen and oxygen atoms in total. The highest BCUT2D eigenvalue weighted by atomic mass is 32.3. The summed E-state index contributed by atoms with van der Waals surface area (Å²) in [7, 11) is -0.272. The Labute approximate surface area is 108 Å². The van der Waals surface area contributed by atoms with Crippen LogP contribution in [0.2, 0.25) is 0 Å². The molecule has 0 aromatic carbocycles. The molecule has 18 heavy (non-hydrogen) atoms. The molecular formula is C10H19NO6S. The van der Waals surface area contributed by atoms with Crippen molar-refractivity contribution in [3.05, 3.63) is 12.7 Å². The number of hydrogen-bond acceptors (Lipinski definition) is 7. The molecule has 0 unspecified atom stereocenters. The van der Waals surface area contributed by atoms with Gasteiger partial charge in [0.15, 0.2) is 0 Å². The third-order valence-corrected chi connectivity index (χ3v) is 2.61. The number of carbonyl (C=O) groups is 1. The first-order valence-electron chi connectivity index (χ1n) is 5.35. The first-order valence-corrected chi connectivity index (χ1v) is 6.68. The predicted molar refractivity (Wildman–Crippen MR) is 65.2 cm³/mol. The lowest BCUT2D eigenvalue weighted by molar-refractivity contribution is -0.138. The van der Waals surface area contributed by atoms with Crippen LogP contribution < -0.4 is 0 Å². The maximum Gasteiger partial charge on any atom is 0.399 e. The van der Waals surface area contributed by atoms with E-state index in [1.165, 1.54) is 0 Å². The van der Waals surface area contributed by atoms with Crippen LogP contribution in [0.3, 0.4) is 0 Å². The lowest BCUT2D eigenvalue weighted by atomic mass is 10.4. The third-order valence-electron chi connectivity index (χ3n) is 1.70. The largest absolute Gasteiger partial charge is 0.460 e. The standard InChI is InChI=1S/C10H19NO6S/c1-4-10(12)15-8-9-17-18(13,14)16-7-5-6-11(2)3/h4H,1,5-9H2,2-3H3. The average Bonchev–Trinajstić information content (AvgIpc) is 2.30. The smallest absolute Gasteiger partial charge is 0.399 e. The Kier molecular flexibility index (Phi) is 8.55.